The van der Waals surface area contributed by atoms with Crippen molar-refractivity contribution in [3.8, 4) is 5.75 Å². The Balaban J connectivity index is 1.81. The van der Waals surface area contributed by atoms with Crippen LogP contribution in [-0.2, 0) is 13.1 Å². The average molecular weight is 358 g/mol. The molecule has 0 fully saturated rings. The molecule has 2 aromatic rings. The Morgan fingerprint density at radius 2 is 1.92 bits per heavy atom. The molecule has 1 heterocycles. The standard InChI is InChI=1S/C20H30N4O2/c1-6-16(4)26-19-9-7-17(8-10-19)11-21-20(25)23(5)13-18-12-22-24(14-18)15(2)3/h7-10,12,14-16H,6,11,13H2,1-5H3,(H,21,25)/t16-/m0/s1. The van der Waals surface area contributed by atoms with Crippen molar-refractivity contribution in [2.45, 2.75) is 59.4 Å². The van der Waals surface area contributed by atoms with E-state index in [1.807, 2.05) is 35.1 Å². The topological polar surface area (TPSA) is 59.4 Å². The minimum atomic E-state index is -0.109. The molecule has 0 saturated heterocycles. The summed E-state index contributed by atoms with van der Waals surface area (Å²) in [6.45, 7) is 9.31. The minimum Gasteiger partial charge on any atom is -0.491 e. The number of hydrogen-bond acceptors (Lipinski definition) is 3. The van der Waals surface area contributed by atoms with Crippen LogP contribution in [0.2, 0.25) is 0 Å². The number of nitrogens with one attached hydrogen (secondary N) is 1. The van der Waals surface area contributed by atoms with Crippen molar-refractivity contribution in [2.75, 3.05) is 7.05 Å². The number of hydrogen-bond donors (Lipinski definition) is 1. The van der Waals surface area contributed by atoms with Crippen LogP contribution in [0.5, 0.6) is 5.75 Å². The maximum absolute atomic E-state index is 12.3. The third-order valence-corrected chi connectivity index (χ3v) is 4.23. The van der Waals surface area contributed by atoms with Gasteiger partial charge in [0.2, 0.25) is 0 Å². The van der Waals surface area contributed by atoms with Crippen molar-refractivity contribution in [1.29, 1.82) is 0 Å². The quantitative estimate of drug-likeness (QED) is 0.776. The van der Waals surface area contributed by atoms with E-state index < -0.39 is 0 Å². The van der Waals surface area contributed by atoms with Crippen molar-refractivity contribution in [3.63, 3.8) is 0 Å². The second-order valence-corrected chi connectivity index (χ2v) is 6.92. The third kappa shape index (κ3) is 5.79. The summed E-state index contributed by atoms with van der Waals surface area (Å²) in [5, 5.41) is 7.24. The van der Waals surface area contributed by atoms with E-state index in [-0.39, 0.29) is 12.1 Å². The van der Waals surface area contributed by atoms with E-state index in [2.05, 4.69) is 38.1 Å². The van der Waals surface area contributed by atoms with Gasteiger partial charge in [-0.15, -0.1) is 0 Å². The van der Waals surface area contributed by atoms with Crippen molar-refractivity contribution in [1.82, 2.24) is 20.0 Å². The number of urea groups is 1. The van der Waals surface area contributed by atoms with Gasteiger partial charge in [0, 0.05) is 31.4 Å². The van der Waals surface area contributed by atoms with E-state index in [4.69, 9.17) is 4.74 Å². The second-order valence-electron chi connectivity index (χ2n) is 6.92. The monoisotopic (exact) mass is 358 g/mol. The molecule has 1 N–H and O–H groups in total. The van der Waals surface area contributed by atoms with Crippen molar-refractivity contribution >= 4 is 6.03 Å². The number of carbonyl (C=O) groups is 1. The van der Waals surface area contributed by atoms with Gasteiger partial charge >= 0.3 is 6.03 Å². The van der Waals surface area contributed by atoms with E-state index in [1.165, 1.54) is 0 Å². The molecule has 0 bridgehead atoms. The Morgan fingerprint density at radius 1 is 1.23 bits per heavy atom. The van der Waals surface area contributed by atoms with Gasteiger partial charge in [0.15, 0.2) is 0 Å². The molecular weight excluding hydrogens is 328 g/mol. The summed E-state index contributed by atoms with van der Waals surface area (Å²) in [4.78, 5) is 13.9. The molecule has 0 unspecified atom stereocenters. The molecule has 0 spiro atoms. The number of ether oxygens (including phenoxy) is 1. The van der Waals surface area contributed by atoms with Gasteiger partial charge in [-0.05, 0) is 44.9 Å². The molecule has 0 radical (unpaired) electrons. The lowest BCUT2D eigenvalue weighted by Gasteiger charge is -2.17. The van der Waals surface area contributed by atoms with Crippen LogP contribution in [-0.4, -0.2) is 33.9 Å². The van der Waals surface area contributed by atoms with Crippen LogP contribution in [0.3, 0.4) is 0 Å². The number of rotatable bonds is 8. The zero-order chi connectivity index (χ0) is 19.1. The Kier molecular flexibility index (Phi) is 7.06. The molecule has 142 valence electrons. The van der Waals surface area contributed by atoms with Gasteiger partial charge in [-0.2, -0.15) is 5.10 Å². The van der Waals surface area contributed by atoms with Gasteiger partial charge in [-0.25, -0.2) is 4.79 Å². The molecule has 6 nitrogen and oxygen atoms in total. The van der Waals surface area contributed by atoms with Gasteiger partial charge in [-0.1, -0.05) is 19.1 Å². The molecule has 0 saturated carbocycles. The first-order chi connectivity index (χ1) is 12.4. The molecule has 1 aromatic carbocycles. The van der Waals surface area contributed by atoms with Crippen LogP contribution < -0.4 is 10.1 Å². The largest absolute Gasteiger partial charge is 0.491 e. The first-order valence-electron chi connectivity index (χ1n) is 9.16. The fraction of sp³-hybridized carbons (Fsp3) is 0.500. The van der Waals surface area contributed by atoms with Crippen LogP contribution in [0.25, 0.3) is 0 Å². The summed E-state index contributed by atoms with van der Waals surface area (Å²) < 4.78 is 7.66. The highest BCUT2D eigenvalue weighted by molar-refractivity contribution is 5.73. The van der Waals surface area contributed by atoms with Crippen molar-refractivity contribution in [3.05, 3.63) is 47.8 Å². The van der Waals surface area contributed by atoms with Crippen molar-refractivity contribution in [2.24, 2.45) is 0 Å². The molecule has 26 heavy (non-hydrogen) atoms. The molecule has 0 aliphatic heterocycles. The number of carbonyl (C=O) groups excluding carboxylic acids is 1. The SMILES string of the molecule is CC[C@H](C)Oc1ccc(CNC(=O)N(C)Cc2cnn(C(C)C)c2)cc1. The average Bonchev–Trinajstić information content (AvgIpc) is 3.09. The number of amides is 2. The Labute approximate surface area is 156 Å². The summed E-state index contributed by atoms with van der Waals surface area (Å²) in [6, 6.07) is 8.04. The van der Waals surface area contributed by atoms with Crippen LogP contribution in [0.4, 0.5) is 4.79 Å². The summed E-state index contributed by atoms with van der Waals surface area (Å²) in [6.07, 6.45) is 4.96. The smallest absolute Gasteiger partial charge is 0.317 e. The Morgan fingerprint density at radius 3 is 2.50 bits per heavy atom. The zero-order valence-corrected chi connectivity index (χ0v) is 16.4. The van der Waals surface area contributed by atoms with E-state index in [0.29, 0.717) is 19.1 Å². The lowest BCUT2D eigenvalue weighted by molar-refractivity contribution is 0.206. The van der Waals surface area contributed by atoms with Crippen LogP contribution in [0.1, 0.15) is 51.3 Å². The highest BCUT2D eigenvalue weighted by atomic mass is 16.5. The Hall–Kier alpha value is -2.50. The first kappa shape index (κ1) is 19.8. The fourth-order valence-electron chi connectivity index (χ4n) is 2.40. The predicted octanol–water partition coefficient (Wildman–Crippen LogP) is 3.98. The van der Waals surface area contributed by atoms with Gasteiger partial charge in [0.1, 0.15) is 5.75 Å². The van der Waals surface area contributed by atoms with Gasteiger partial charge in [0.25, 0.3) is 0 Å². The number of nitrogens with zero attached hydrogens (tertiary/aromatic N) is 3. The maximum atomic E-state index is 12.3. The summed E-state index contributed by atoms with van der Waals surface area (Å²) in [5.41, 5.74) is 2.05. The second kappa shape index (κ2) is 9.27. The predicted molar refractivity (Wildman–Crippen MR) is 103 cm³/mol. The summed E-state index contributed by atoms with van der Waals surface area (Å²) in [7, 11) is 1.78. The Bertz CT molecular complexity index is 694. The van der Waals surface area contributed by atoms with Gasteiger partial charge < -0.3 is 15.0 Å². The van der Waals surface area contributed by atoms with Crippen LogP contribution >= 0.6 is 0 Å². The molecule has 2 rings (SSSR count). The molecule has 1 atom stereocenters. The van der Waals surface area contributed by atoms with Gasteiger partial charge in [-0.3, -0.25) is 4.68 Å². The molecule has 0 aliphatic rings. The summed E-state index contributed by atoms with van der Waals surface area (Å²) >= 11 is 0. The van der Waals surface area contributed by atoms with Crippen LogP contribution in [0.15, 0.2) is 36.7 Å². The van der Waals surface area contributed by atoms with E-state index >= 15 is 0 Å². The molecule has 6 heteroatoms. The first-order valence-corrected chi connectivity index (χ1v) is 9.16. The molecule has 0 aliphatic carbocycles. The van der Waals surface area contributed by atoms with E-state index in [9.17, 15) is 4.79 Å². The lowest BCUT2D eigenvalue weighted by atomic mass is 10.2. The third-order valence-electron chi connectivity index (χ3n) is 4.23. The molecule has 1 aromatic heterocycles. The molecular formula is C20H30N4O2. The normalized spacial score (nSPS) is 12.1. The number of aromatic nitrogens is 2. The number of benzene rings is 1. The zero-order valence-electron chi connectivity index (χ0n) is 16.4. The lowest BCUT2D eigenvalue weighted by Crippen LogP contribution is -2.36. The van der Waals surface area contributed by atoms with E-state index in [0.717, 1.165) is 23.3 Å². The fourth-order valence-corrected chi connectivity index (χ4v) is 2.40. The highest BCUT2D eigenvalue weighted by Crippen LogP contribution is 2.15. The van der Waals surface area contributed by atoms with Crippen LogP contribution in [0, 0.1) is 0 Å². The maximum Gasteiger partial charge on any atom is 0.317 e. The highest BCUT2D eigenvalue weighted by Gasteiger charge is 2.11. The van der Waals surface area contributed by atoms with E-state index in [1.54, 1.807) is 18.1 Å². The van der Waals surface area contributed by atoms with Crippen molar-refractivity contribution < 1.29 is 9.53 Å². The van der Waals surface area contributed by atoms with Gasteiger partial charge in [0.05, 0.1) is 18.8 Å². The summed E-state index contributed by atoms with van der Waals surface area (Å²) in [5.74, 6) is 0.855. The minimum absolute atomic E-state index is 0.109. The molecule has 2 amide bonds.